The summed E-state index contributed by atoms with van der Waals surface area (Å²) >= 11 is 0. The van der Waals surface area contributed by atoms with Crippen LogP contribution >= 0.6 is 0 Å². The molecule has 0 amide bonds. The van der Waals surface area contributed by atoms with E-state index in [1.165, 1.54) is 88.6 Å². The van der Waals surface area contributed by atoms with Crippen LogP contribution < -0.4 is 9.80 Å². The van der Waals surface area contributed by atoms with Gasteiger partial charge in [0, 0.05) is 44.4 Å². The number of hydrogen-bond donors (Lipinski definition) is 0. The molecule has 2 nitrogen and oxygen atoms in total. The molecule has 0 aromatic heterocycles. The van der Waals surface area contributed by atoms with Gasteiger partial charge >= 0.3 is 0 Å². The molecule has 0 bridgehead atoms. The molecule has 0 unspecified atom stereocenters. The summed E-state index contributed by atoms with van der Waals surface area (Å²) in [5.74, 6) is 0. The van der Waals surface area contributed by atoms with E-state index in [2.05, 4.69) is 268 Å². The van der Waals surface area contributed by atoms with Crippen LogP contribution in [0.15, 0.2) is 218 Å². The summed E-state index contributed by atoms with van der Waals surface area (Å²) in [5.41, 5.74) is 19.7. The maximum Gasteiger partial charge on any atom is 0.0543 e. The zero-order valence-corrected chi connectivity index (χ0v) is 37.8. The lowest BCUT2D eigenvalue weighted by Gasteiger charge is -2.29. The second-order valence-electron chi connectivity index (χ2n) is 18.9. The van der Waals surface area contributed by atoms with Crippen molar-refractivity contribution >= 4 is 67.8 Å². The predicted molar refractivity (Wildman–Crippen MR) is 281 cm³/mol. The van der Waals surface area contributed by atoms with Crippen LogP contribution in [0.25, 0.3) is 56.0 Å². The number of rotatable bonds is 8. The molecule has 0 fully saturated rings. The summed E-state index contributed by atoms with van der Waals surface area (Å²) in [4.78, 5) is 4.83. The maximum atomic E-state index is 2.46. The van der Waals surface area contributed by atoms with Crippen molar-refractivity contribution in [3.63, 3.8) is 0 Å². The van der Waals surface area contributed by atoms with Gasteiger partial charge in [-0.1, -0.05) is 198 Å². The Hall–Kier alpha value is -7.94. The molecule has 66 heavy (non-hydrogen) atoms. The summed E-state index contributed by atoms with van der Waals surface area (Å²) in [7, 11) is 0. The number of fused-ring (bicyclic) bond motifs is 10. The Kier molecular flexibility index (Phi) is 9.22. The molecule has 0 saturated carbocycles. The van der Waals surface area contributed by atoms with E-state index in [-0.39, 0.29) is 10.8 Å². The van der Waals surface area contributed by atoms with Gasteiger partial charge in [-0.05, 0) is 127 Å². The van der Waals surface area contributed by atoms with Gasteiger partial charge in [0.2, 0.25) is 0 Å². The monoisotopic (exact) mass is 846 g/mol. The fraction of sp³-hybridized carbons (Fsp3) is 0.0938. The van der Waals surface area contributed by atoms with E-state index in [0.717, 1.165) is 22.7 Å². The first-order chi connectivity index (χ1) is 32.3. The van der Waals surface area contributed by atoms with Gasteiger partial charge in [0.05, 0.1) is 11.4 Å². The molecule has 0 spiro atoms. The molecule has 0 saturated heterocycles. The minimum atomic E-state index is -0.214. The summed E-state index contributed by atoms with van der Waals surface area (Å²) < 4.78 is 0. The molecule has 0 heterocycles. The minimum absolute atomic E-state index is 0.214. The fourth-order valence-corrected chi connectivity index (χ4v) is 11.1. The van der Waals surface area contributed by atoms with Crippen molar-refractivity contribution in [3.8, 4) is 22.3 Å². The van der Waals surface area contributed by atoms with Gasteiger partial charge in [-0.15, -0.1) is 0 Å². The third kappa shape index (κ3) is 6.24. The number of anilines is 6. The second-order valence-corrected chi connectivity index (χ2v) is 18.9. The summed E-state index contributed by atoms with van der Waals surface area (Å²) in [6.45, 7) is 9.58. The first-order valence-corrected chi connectivity index (χ1v) is 23.2. The zero-order valence-electron chi connectivity index (χ0n) is 37.8. The van der Waals surface area contributed by atoms with Crippen LogP contribution in [-0.2, 0) is 10.8 Å². The number of benzene rings is 10. The maximum absolute atomic E-state index is 2.46. The number of hydrogen-bond acceptors (Lipinski definition) is 2. The van der Waals surface area contributed by atoms with Crippen molar-refractivity contribution in [3.05, 3.63) is 252 Å². The molecule has 10 aromatic carbocycles. The molecule has 0 N–H and O–H groups in total. The molecule has 2 aliphatic rings. The van der Waals surface area contributed by atoms with E-state index in [0.29, 0.717) is 0 Å². The van der Waals surface area contributed by atoms with E-state index in [4.69, 9.17) is 0 Å². The summed E-state index contributed by atoms with van der Waals surface area (Å²) in [6.07, 6.45) is 4.61. The third-order valence-corrected chi connectivity index (χ3v) is 14.4. The van der Waals surface area contributed by atoms with Crippen molar-refractivity contribution in [2.45, 2.75) is 38.5 Å². The molecule has 2 aliphatic carbocycles. The molecular weight excluding hydrogens is 797 g/mol. The molecule has 316 valence electrons. The first kappa shape index (κ1) is 39.6. The molecule has 0 radical (unpaired) electrons. The third-order valence-electron chi connectivity index (χ3n) is 14.4. The van der Waals surface area contributed by atoms with Crippen molar-refractivity contribution in [2.75, 3.05) is 9.80 Å². The smallest absolute Gasteiger partial charge is 0.0543 e. The molecule has 10 aromatic rings. The standard InChI is InChI=1S/C64H50N2/c1-63(2)55-39-43(35-37-53(55)61-51-31-19-17-29-49(51)59(41-57(61)63)65(45-21-9-5-10-22-45)46-23-11-6-12-24-46)33-34-44-36-38-54-56(40-44)64(3,4)58-42-60(50-30-18-20-32-52(50)62(54)58)66(47-25-13-7-14-26-47)48-27-15-8-16-28-48/h5-42H,1-4H3/b34-33+. The average molecular weight is 847 g/mol. The van der Waals surface area contributed by atoms with E-state index in [1.54, 1.807) is 0 Å². The van der Waals surface area contributed by atoms with Gasteiger partial charge in [0.25, 0.3) is 0 Å². The highest BCUT2D eigenvalue weighted by Gasteiger charge is 2.39. The highest BCUT2D eigenvalue weighted by molar-refractivity contribution is 6.11. The Morgan fingerprint density at radius 2 is 0.606 bits per heavy atom. The van der Waals surface area contributed by atoms with Gasteiger partial charge < -0.3 is 9.80 Å². The van der Waals surface area contributed by atoms with E-state index >= 15 is 0 Å². The summed E-state index contributed by atoms with van der Waals surface area (Å²) in [6, 6.07) is 80.1. The Balaban J connectivity index is 0.919. The Morgan fingerprint density at radius 3 is 0.939 bits per heavy atom. The van der Waals surface area contributed by atoms with Crippen LogP contribution in [0.1, 0.15) is 61.1 Å². The average Bonchev–Trinajstić information content (AvgIpc) is 3.73. The van der Waals surface area contributed by atoms with Crippen molar-refractivity contribution < 1.29 is 0 Å². The molecule has 0 atom stereocenters. The van der Waals surface area contributed by atoms with Crippen molar-refractivity contribution in [1.82, 2.24) is 0 Å². The van der Waals surface area contributed by atoms with Crippen LogP contribution in [-0.4, -0.2) is 0 Å². The lowest BCUT2D eigenvalue weighted by molar-refractivity contribution is 0.660. The first-order valence-electron chi connectivity index (χ1n) is 23.2. The largest absolute Gasteiger partial charge is 0.310 e. The number of nitrogens with zero attached hydrogens (tertiary/aromatic N) is 2. The fourth-order valence-electron chi connectivity index (χ4n) is 11.1. The van der Waals surface area contributed by atoms with Crippen LogP contribution in [0.4, 0.5) is 34.1 Å². The molecule has 0 aliphatic heterocycles. The Bertz CT molecular complexity index is 3200. The second kappa shape index (κ2) is 15.4. The van der Waals surface area contributed by atoms with E-state index < -0.39 is 0 Å². The van der Waals surface area contributed by atoms with Crippen LogP contribution in [0.3, 0.4) is 0 Å². The van der Waals surface area contributed by atoms with Gasteiger partial charge in [0.1, 0.15) is 0 Å². The topological polar surface area (TPSA) is 6.48 Å². The normalized spacial score (nSPS) is 13.9. The zero-order chi connectivity index (χ0) is 44.6. The Morgan fingerprint density at radius 1 is 0.303 bits per heavy atom. The van der Waals surface area contributed by atoms with Crippen LogP contribution in [0.5, 0.6) is 0 Å². The van der Waals surface area contributed by atoms with Crippen molar-refractivity contribution in [2.24, 2.45) is 0 Å². The van der Waals surface area contributed by atoms with Crippen molar-refractivity contribution in [1.29, 1.82) is 0 Å². The lowest BCUT2D eigenvalue weighted by Crippen LogP contribution is -2.17. The van der Waals surface area contributed by atoms with Gasteiger partial charge in [-0.25, -0.2) is 0 Å². The molecule has 2 heteroatoms. The predicted octanol–water partition coefficient (Wildman–Crippen LogP) is 17.7. The van der Waals surface area contributed by atoms with Gasteiger partial charge in [0.15, 0.2) is 0 Å². The number of para-hydroxylation sites is 4. The quantitative estimate of drug-likeness (QED) is 0.141. The highest BCUT2D eigenvalue weighted by atomic mass is 15.1. The van der Waals surface area contributed by atoms with E-state index in [1.807, 2.05) is 0 Å². The molecular formula is C64H50N2. The lowest BCUT2D eigenvalue weighted by atomic mass is 9.81. The SMILES string of the molecule is CC1(C)c2cc(/C=C/c3ccc4c(c3)C(C)(C)c3cc(N(c5ccccc5)c5ccccc5)c5ccccc5c3-4)ccc2-c2c1cc(N(c1ccccc1)c1ccccc1)c1ccccc21. The Labute approximate surface area is 388 Å². The minimum Gasteiger partial charge on any atom is -0.310 e. The molecule has 12 rings (SSSR count). The van der Waals surface area contributed by atoms with Crippen LogP contribution in [0.2, 0.25) is 0 Å². The van der Waals surface area contributed by atoms with Gasteiger partial charge in [-0.2, -0.15) is 0 Å². The highest BCUT2D eigenvalue weighted by Crippen LogP contribution is 2.56. The van der Waals surface area contributed by atoms with Crippen LogP contribution in [0, 0.1) is 0 Å². The summed E-state index contributed by atoms with van der Waals surface area (Å²) in [5, 5.41) is 5.05. The van der Waals surface area contributed by atoms with E-state index in [9.17, 15) is 0 Å². The van der Waals surface area contributed by atoms with Gasteiger partial charge in [-0.3, -0.25) is 0 Å².